The van der Waals surface area contributed by atoms with Crippen molar-refractivity contribution in [1.29, 1.82) is 0 Å². The summed E-state index contributed by atoms with van der Waals surface area (Å²) < 4.78 is 0. The number of nitrogens with zero attached hydrogens (tertiary/aromatic N) is 1. The van der Waals surface area contributed by atoms with E-state index >= 15 is 0 Å². The van der Waals surface area contributed by atoms with Crippen LogP contribution in [0.25, 0.3) is 0 Å². The van der Waals surface area contributed by atoms with Gasteiger partial charge in [0.25, 0.3) is 0 Å². The van der Waals surface area contributed by atoms with Crippen molar-refractivity contribution in [3.63, 3.8) is 0 Å². The summed E-state index contributed by atoms with van der Waals surface area (Å²) in [6.07, 6.45) is 6.12. The summed E-state index contributed by atoms with van der Waals surface area (Å²) in [5, 5.41) is 5.12. The molecule has 2 nitrogen and oxygen atoms in total. The highest BCUT2D eigenvalue weighted by Crippen LogP contribution is 2.21. The van der Waals surface area contributed by atoms with E-state index in [4.69, 9.17) is 11.6 Å². The van der Waals surface area contributed by atoms with Gasteiger partial charge in [-0.15, -0.1) is 0 Å². The van der Waals surface area contributed by atoms with Crippen LogP contribution in [0, 0.1) is 0 Å². The van der Waals surface area contributed by atoms with E-state index < -0.39 is 0 Å². The first-order chi connectivity index (χ1) is 7.36. The standard InChI is InChI=1S/C12H15ClN2/c13-11-8-4-5-9-12(11)15-14-10-6-2-1-3-7-10/h4-5,8-9,15H,1-3,6-7H2. The molecule has 1 aliphatic rings. The molecule has 0 aliphatic heterocycles. The maximum atomic E-state index is 6.01. The zero-order chi connectivity index (χ0) is 10.5. The Labute approximate surface area is 95.3 Å². The highest BCUT2D eigenvalue weighted by molar-refractivity contribution is 6.33. The number of benzene rings is 1. The van der Waals surface area contributed by atoms with Crippen molar-refractivity contribution in [3.8, 4) is 0 Å². The fraction of sp³-hybridized carbons (Fsp3) is 0.417. The van der Waals surface area contributed by atoms with Crippen molar-refractivity contribution in [2.24, 2.45) is 5.10 Å². The molecule has 0 heterocycles. The number of para-hydroxylation sites is 1. The monoisotopic (exact) mass is 222 g/mol. The summed E-state index contributed by atoms with van der Waals surface area (Å²) in [7, 11) is 0. The lowest BCUT2D eigenvalue weighted by atomic mass is 9.99. The van der Waals surface area contributed by atoms with Crippen molar-refractivity contribution in [2.75, 3.05) is 5.43 Å². The molecule has 1 aromatic rings. The molecule has 0 atom stereocenters. The normalized spacial score (nSPS) is 16.2. The fourth-order valence-corrected chi connectivity index (χ4v) is 1.94. The Hall–Kier alpha value is -1.02. The molecule has 3 heteroatoms. The molecule has 2 rings (SSSR count). The minimum absolute atomic E-state index is 0.720. The Kier molecular flexibility index (Phi) is 3.62. The molecule has 0 saturated heterocycles. The van der Waals surface area contributed by atoms with Gasteiger partial charge < -0.3 is 0 Å². The van der Waals surface area contributed by atoms with Gasteiger partial charge in [-0.1, -0.05) is 30.2 Å². The molecule has 0 spiro atoms. The highest BCUT2D eigenvalue weighted by atomic mass is 35.5. The molecule has 0 bridgehead atoms. The Balaban J connectivity index is 2.00. The van der Waals surface area contributed by atoms with Gasteiger partial charge in [0.15, 0.2) is 0 Å². The van der Waals surface area contributed by atoms with Crippen LogP contribution in [-0.2, 0) is 0 Å². The molecule has 1 N–H and O–H groups in total. The van der Waals surface area contributed by atoms with Crippen LogP contribution in [0.15, 0.2) is 29.4 Å². The van der Waals surface area contributed by atoms with Crippen molar-refractivity contribution >= 4 is 23.0 Å². The van der Waals surface area contributed by atoms with E-state index in [9.17, 15) is 0 Å². The summed E-state index contributed by atoms with van der Waals surface area (Å²) >= 11 is 6.01. The Morgan fingerprint density at radius 2 is 1.80 bits per heavy atom. The van der Waals surface area contributed by atoms with Crippen molar-refractivity contribution < 1.29 is 0 Å². The number of rotatable bonds is 2. The van der Waals surface area contributed by atoms with Gasteiger partial charge in [-0.3, -0.25) is 5.43 Å². The predicted molar refractivity (Wildman–Crippen MR) is 65.6 cm³/mol. The third-order valence-corrected chi connectivity index (χ3v) is 2.97. The summed E-state index contributed by atoms with van der Waals surface area (Å²) in [6.45, 7) is 0. The van der Waals surface area contributed by atoms with Crippen LogP contribution in [0.2, 0.25) is 5.02 Å². The minimum atomic E-state index is 0.720. The Bertz CT molecular complexity index is 352. The third-order valence-electron chi connectivity index (χ3n) is 2.64. The first-order valence-electron chi connectivity index (χ1n) is 5.42. The second-order valence-electron chi connectivity index (χ2n) is 3.83. The zero-order valence-electron chi connectivity index (χ0n) is 8.67. The van der Waals surface area contributed by atoms with Crippen molar-refractivity contribution in [3.05, 3.63) is 29.3 Å². The van der Waals surface area contributed by atoms with Crippen LogP contribution in [0.4, 0.5) is 5.69 Å². The van der Waals surface area contributed by atoms with Crippen LogP contribution in [0.5, 0.6) is 0 Å². The molecular formula is C12H15ClN2. The lowest BCUT2D eigenvalue weighted by molar-refractivity contribution is 0.665. The molecule has 0 amide bonds. The molecule has 0 aromatic heterocycles. The number of nitrogens with one attached hydrogen (secondary N) is 1. The van der Waals surface area contributed by atoms with Gasteiger partial charge in [0.05, 0.1) is 10.7 Å². The third kappa shape index (κ3) is 2.96. The van der Waals surface area contributed by atoms with Gasteiger partial charge in [0.2, 0.25) is 0 Å². The van der Waals surface area contributed by atoms with E-state index in [1.165, 1.54) is 25.0 Å². The number of hydrazone groups is 1. The van der Waals surface area contributed by atoms with Crippen molar-refractivity contribution in [1.82, 2.24) is 0 Å². The second kappa shape index (κ2) is 5.17. The fourth-order valence-electron chi connectivity index (χ4n) is 1.76. The molecule has 80 valence electrons. The summed E-state index contributed by atoms with van der Waals surface area (Å²) in [5.74, 6) is 0. The smallest absolute Gasteiger partial charge is 0.0748 e. The number of halogens is 1. The average molecular weight is 223 g/mol. The SMILES string of the molecule is Clc1ccccc1NN=C1CCCCC1. The minimum Gasteiger partial charge on any atom is -0.277 e. The van der Waals surface area contributed by atoms with E-state index in [2.05, 4.69) is 10.5 Å². The first kappa shape index (κ1) is 10.5. The van der Waals surface area contributed by atoms with E-state index in [1.807, 2.05) is 24.3 Å². The molecule has 1 aliphatic carbocycles. The van der Waals surface area contributed by atoms with Crippen LogP contribution in [-0.4, -0.2) is 5.71 Å². The number of hydrogen-bond donors (Lipinski definition) is 1. The second-order valence-corrected chi connectivity index (χ2v) is 4.24. The molecule has 15 heavy (non-hydrogen) atoms. The molecule has 1 aromatic carbocycles. The quantitative estimate of drug-likeness (QED) is 0.750. The zero-order valence-corrected chi connectivity index (χ0v) is 9.43. The van der Waals surface area contributed by atoms with Crippen LogP contribution in [0.1, 0.15) is 32.1 Å². The van der Waals surface area contributed by atoms with Gasteiger partial charge in [-0.25, -0.2) is 0 Å². The largest absolute Gasteiger partial charge is 0.277 e. The summed E-state index contributed by atoms with van der Waals surface area (Å²) in [5.41, 5.74) is 5.19. The highest BCUT2D eigenvalue weighted by Gasteiger charge is 2.06. The maximum absolute atomic E-state index is 6.01. The Morgan fingerprint density at radius 1 is 1.07 bits per heavy atom. The Morgan fingerprint density at radius 3 is 2.53 bits per heavy atom. The van der Waals surface area contributed by atoms with Crippen LogP contribution in [0.3, 0.4) is 0 Å². The predicted octanol–water partition coefficient (Wildman–Crippen LogP) is 4.07. The maximum Gasteiger partial charge on any atom is 0.0748 e. The van der Waals surface area contributed by atoms with Gasteiger partial charge in [0.1, 0.15) is 0 Å². The van der Waals surface area contributed by atoms with Gasteiger partial charge in [0, 0.05) is 5.71 Å². The molecular weight excluding hydrogens is 208 g/mol. The molecule has 0 radical (unpaired) electrons. The number of anilines is 1. The van der Waals surface area contributed by atoms with Gasteiger partial charge in [-0.2, -0.15) is 5.10 Å². The van der Waals surface area contributed by atoms with E-state index in [0.29, 0.717) is 0 Å². The lowest BCUT2D eigenvalue weighted by Crippen LogP contribution is -2.07. The number of hydrogen-bond acceptors (Lipinski definition) is 2. The molecule has 1 fully saturated rings. The summed E-state index contributed by atoms with van der Waals surface area (Å²) in [6, 6.07) is 7.68. The molecule has 0 unspecified atom stereocenters. The molecule has 1 saturated carbocycles. The van der Waals surface area contributed by atoms with E-state index in [0.717, 1.165) is 23.6 Å². The van der Waals surface area contributed by atoms with Gasteiger partial charge in [-0.05, 0) is 37.8 Å². The van der Waals surface area contributed by atoms with E-state index in [1.54, 1.807) is 0 Å². The average Bonchev–Trinajstić information content (AvgIpc) is 2.29. The first-order valence-corrected chi connectivity index (χ1v) is 5.80. The van der Waals surface area contributed by atoms with Gasteiger partial charge >= 0.3 is 0 Å². The van der Waals surface area contributed by atoms with E-state index in [-0.39, 0.29) is 0 Å². The lowest BCUT2D eigenvalue weighted by Gasteiger charge is -2.12. The topological polar surface area (TPSA) is 24.4 Å². The summed E-state index contributed by atoms with van der Waals surface area (Å²) in [4.78, 5) is 0. The van der Waals surface area contributed by atoms with Crippen LogP contribution >= 0.6 is 11.6 Å². The van der Waals surface area contributed by atoms with Crippen LogP contribution < -0.4 is 5.43 Å². The van der Waals surface area contributed by atoms with Crippen molar-refractivity contribution in [2.45, 2.75) is 32.1 Å².